The molecule has 0 spiro atoms. The highest BCUT2D eigenvalue weighted by Gasteiger charge is 2.27. The van der Waals surface area contributed by atoms with Crippen molar-refractivity contribution in [3.63, 3.8) is 0 Å². The fraction of sp³-hybridized carbons (Fsp3) is 0.625. The highest BCUT2D eigenvalue weighted by atomic mass is 16.5. The van der Waals surface area contributed by atoms with Gasteiger partial charge in [-0.3, -0.25) is 0 Å². The van der Waals surface area contributed by atoms with Crippen molar-refractivity contribution in [3.05, 3.63) is 29.8 Å². The molecule has 1 heterocycles. The number of aliphatic hydroxyl groups is 1. The summed E-state index contributed by atoms with van der Waals surface area (Å²) in [7, 11) is 0. The predicted octanol–water partition coefficient (Wildman–Crippen LogP) is 1.47. The Kier molecular flexibility index (Phi) is 5.40. The molecule has 0 amide bonds. The van der Waals surface area contributed by atoms with Gasteiger partial charge < -0.3 is 20.5 Å². The molecule has 1 aromatic rings. The molecule has 112 valence electrons. The van der Waals surface area contributed by atoms with Gasteiger partial charge in [-0.25, -0.2) is 0 Å². The molecule has 0 aliphatic carbocycles. The largest absolute Gasteiger partial charge is 0.491 e. The van der Waals surface area contributed by atoms with E-state index in [9.17, 15) is 5.11 Å². The number of β-amino-alcohol motifs (C(OH)–C–C–N with tert-alkyl or cyclic N) is 1. The molecule has 1 aliphatic heterocycles. The lowest BCUT2D eigenvalue weighted by Crippen LogP contribution is -2.34. The van der Waals surface area contributed by atoms with Gasteiger partial charge in [0.2, 0.25) is 0 Å². The maximum atomic E-state index is 10.1. The summed E-state index contributed by atoms with van der Waals surface area (Å²) in [5.41, 5.74) is 6.63. The van der Waals surface area contributed by atoms with E-state index in [1.807, 2.05) is 24.3 Å². The van der Waals surface area contributed by atoms with Crippen LogP contribution in [0.4, 0.5) is 0 Å². The SMILES string of the molecule is CC1CN(CC(O)COc2ccc(CN)cc2)CC1C. The molecule has 1 aromatic carbocycles. The summed E-state index contributed by atoms with van der Waals surface area (Å²) in [6.07, 6.45) is -0.443. The molecule has 2 rings (SSSR count). The lowest BCUT2D eigenvalue weighted by Gasteiger charge is -2.20. The van der Waals surface area contributed by atoms with Crippen LogP contribution < -0.4 is 10.5 Å². The molecule has 0 aromatic heterocycles. The Balaban J connectivity index is 1.73. The summed E-state index contributed by atoms with van der Waals surface area (Å²) in [5.74, 6) is 2.21. The topological polar surface area (TPSA) is 58.7 Å². The quantitative estimate of drug-likeness (QED) is 0.827. The average Bonchev–Trinajstić information content (AvgIpc) is 2.75. The standard InChI is InChI=1S/C16H26N2O2/c1-12-8-18(9-13(12)2)10-15(19)11-20-16-5-3-14(7-17)4-6-16/h3-6,12-13,15,19H,7-11,17H2,1-2H3. The van der Waals surface area contributed by atoms with Crippen LogP contribution in [0.5, 0.6) is 5.75 Å². The smallest absolute Gasteiger partial charge is 0.119 e. The Labute approximate surface area is 121 Å². The Hall–Kier alpha value is -1.10. The third-order valence-electron chi connectivity index (χ3n) is 4.13. The summed E-state index contributed by atoms with van der Waals surface area (Å²) in [6, 6.07) is 7.70. The fourth-order valence-corrected chi connectivity index (χ4v) is 2.66. The number of rotatable bonds is 6. The zero-order valence-corrected chi connectivity index (χ0v) is 12.5. The van der Waals surface area contributed by atoms with Gasteiger partial charge in [0.05, 0.1) is 0 Å². The van der Waals surface area contributed by atoms with E-state index in [2.05, 4.69) is 18.7 Å². The maximum absolute atomic E-state index is 10.1. The van der Waals surface area contributed by atoms with Gasteiger partial charge in [-0.2, -0.15) is 0 Å². The second kappa shape index (κ2) is 7.07. The van der Waals surface area contributed by atoms with E-state index in [-0.39, 0.29) is 0 Å². The Morgan fingerprint density at radius 1 is 1.25 bits per heavy atom. The van der Waals surface area contributed by atoms with Crippen LogP contribution in [-0.2, 0) is 6.54 Å². The van der Waals surface area contributed by atoms with Crippen LogP contribution in [0, 0.1) is 11.8 Å². The minimum Gasteiger partial charge on any atom is -0.491 e. The van der Waals surface area contributed by atoms with E-state index in [0.717, 1.165) is 24.4 Å². The molecule has 3 atom stereocenters. The van der Waals surface area contributed by atoms with Crippen molar-refractivity contribution in [1.82, 2.24) is 4.90 Å². The molecule has 0 saturated carbocycles. The Morgan fingerprint density at radius 3 is 2.40 bits per heavy atom. The van der Waals surface area contributed by atoms with Crippen LogP contribution in [0.2, 0.25) is 0 Å². The Bertz CT molecular complexity index is 397. The van der Waals surface area contributed by atoms with E-state index in [4.69, 9.17) is 10.5 Å². The van der Waals surface area contributed by atoms with Crippen molar-refractivity contribution >= 4 is 0 Å². The van der Waals surface area contributed by atoms with E-state index < -0.39 is 6.10 Å². The number of hydrogen-bond donors (Lipinski definition) is 2. The van der Waals surface area contributed by atoms with Crippen LogP contribution in [0.3, 0.4) is 0 Å². The van der Waals surface area contributed by atoms with Gasteiger partial charge in [-0.15, -0.1) is 0 Å². The minimum atomic E-state index is -0.443. The average molecular weight is 278 g/mol. The predicted molar refractivity (Wildman–Crippen MR) is 80.6 cm³/mol. The summed E-state index contributed by atoms with van der Waals surface area (Å²) in [4.78, 5) is 2.32. The van der Waals surface area contributed by atoms with Crippen LogP contribution in [0.15, 0.2) is 24.3 Å². The molecule has 0 radical (unpaired) electrons. The molecule has 1 fully saturated rings. The van der Waals surface area contributed by atoms with E-state index in [1.165, 1.54) is 0 Å². The van der Waals surface area contributed by atoms with Gasteiger partial charge in [0, 0.05) is 26.2 Å². The van der Waals surface area contributed by atoms with Gasteiger partial charge in [0.25, 0.3) is 0 Å². The Morgan fingerprint density at radius 2 is 1.85 bits per heavy atom. The number of benzene rings is 1. The molecular formula is C16H26N2O2. The molecule has 4 nitrogen and oxygen atoms in total. The first kappa shape index (κ1) is 15.3. The van der Waals surface area contributed by atoms with Gasteiger partial charge in [0.15, 0.2) is 0 Å². The second-order valence-corrected chi connectivity index (χ2v) is 5.99. The third-order valence-corrected chi connectivity index (χ3v) is 4.13. The van der Waals surface area contributed by atoms with Crippen molar-refractivity contribution in [2.45, 2.75) is 26.5 Å². The van der Waals surface area contributed by atoms with Crippen molar-refractivity contribution in [3.8, 4) is 5.75 Å². The summed E-state index contributed by atoms with van der Waals surface area (Å²) < 4.78 is 5.61. The number of nitrogens with two attached hydrogens (primary N) is 1. The highest BCUT2D eigenvalue weighted by Crippen LogP contribution is 2.22. The molecule has 0 bridgehead atoms. The van der Waals surface area contributed by atoms with E-state index in [1.54, 1.807) is 0 Å². The number of nitrogens with zero attached hydrogens (tertiary/aromatic N) is 1. The van der Waals surface area contributed by atoms with Gasteiger partial charge in [-0.05, 0) is 29.5 Å². The van der Waals surface area contributed by atoms with Crippen molar-refractivity contribution < 1.29 is 9.84 Å². The van der Waals surface area contributed by atoms with Crippen LogP contribution in [-0.4, -0.2) is 42.4 Å². The lowest BCUT2D eigenvalue weighted by molar-refractivity contribution is 0.0743. The van der Waals surface area contributed by atoms with E-state index >= 15 is 0 Å². The molecular weight excluding hydrogens is 252 g/mol. The molecule has 1 aliphatic rings. The van der Waals surface area contributed by atoms with Gasteiger partial charge in [-0.1, -0.05) is 26.0 Å². The second-order valence-electron chi connectivity index (χ2n) is 5.99. The minimum absolute atomic E-state index is 0.335. The first-order valence-electron chi connectivity index (χ1n) is 7.40. The van der Waals surface area contributed by atoms with Crippen molar-refractivity contribution in [1.29, 1.82) is 0 Å². The summed E-state index contributed by atoms with van der Waals surface area (Å²) >= 11 is 0. The third kappa shape index (κ3) is 4.20. The van der Waals surface area contributed by atoms with Crippen molar-refractivity contribution in [2.24, 2.45) is 17.6 Å². The highest BCUT2D eigenvalue weighted by molar-refractivity contribution is 5.27. The molecule has 1 saturated heterocycles. The number of ether oxygens (including phenoxy) is 1. The van der Waals surface area contributed by atoms with Crippen LogP contribution >= 0.6 is 0 Å². The van der Waals surface area contributed by atoms with Crippen molar-refractivity contribution in [2.75, 3.05) is 26.2 Å². The first-order chi connectivity index (χ1) is 9.58. The fourth-order valence-electron chi connectivity index (χ4n) is 2.66. The zero-order chi connectivity index (χ0) is 14.5. The maximum Gasteiger partial charge on any atom is 0.119 e. The monoisotopic (exact) mass is 278 g/mol. The van der Waals surface area contributed by atoms with Crippen LogP contribution in [0.25, 0.3) is 0 Å². The molecule has 20 heavy (non-hydrogen) atoms. The summed E-state index contributed by atoms with van der Waals surface area (Å²) in [5, 5.41) is 10.1. The van der Waals surface area contributed by atoms with Gasteiger partial charge >= 0.3 is 0 Å². The van der Waals surface area contributed by atoms with Crippen LogP contribution in [0.1, 0.15) is 19.4 Å². The normalized spacial score (nSPS) is 24.8. The molecule has 3 unspecified atom stereocenters. The number of aliphatic hydroxyl groups excluding tert-OH is 1. The summed E-state index contributed by atoms with van der Waals surface area (Å²) in [6.45, 7) is 8.25. The lowest BCUT2D eigenvalue weighted by atomic mass is 10.0. The van der Waals surface area contributed by atoms with Gasteiger partial charge in [0.1, 0.15) is 18.5 Å². The van der Waals surface area contributed by atoms with E-state index in [0.29, 0.717) is 31.5 Å². The molecule has 4 heteroatoms. The number of hydrogen-bond acceptors (Lipinski definition) is 4. The zero-order valence-electron chi connectivity index (χ0n) is 12.5. The first-order valence-corrected chi connectivity index (χ1v) is 7.40. The number of likely N-dealkylation sites (tertiary alicyclic amines) is 1. The molecule has 3 N–H and O–H groups in total.